The number of urea groups is 1. The Hall–Kier alpha value is -1.79. The number of carbonyl (C=O) groups is 3. The minimum Gasteiger partial charge on any atom is -0.344 e. The van der Waals surface area contributed by atoms with Crippen LogP contribution in [0.3, 0.4) is 0 Å². The molecule has 0 aromatic rings. The van der Waals surface area contributed by atoms with E-state index in [1.807, 2.05) is 23.6 Å². The van der Waals surface area contributed by atoms with Gasteiger partial charge >= 0.3 is 6.03 Å². The number of amides is 4. The largest absolute Gasteiger partial charge is 0.344 e. The van der Waals surface area contributed by atoms with Crippen molar-refractivity contribution in [2.45, 2.75) is 96.7 Å². The van der Waals surface area contributed by atoms with Crippen molar-refractivity contribution in [3.05, 3.63) is 0 Å². The molecule has 1 aliphatic heterocycles. The molecule has 3 unspecified atom stereocenters. The minimum absolute atomic E-state index is 0.00161. The van der Waals surface area contributed by atoms with Crippen LogP contribution >= 0.6 is 0 Å². The first kappa shape index (κ1) is 22.9. The molecule has 3 atom stereocenters. The molecule has 0 aromatic heterocycles. The topological polar surface area (TPSA) is 81.8 Å². The van der Waals surface area contributed by atoms with E-state index in [1.165, 1.54) is 19.3 Å². The lowest BCUT2D eigenvalue weighted by molar-refractivity contribution is -0.141. The molecule has 30 heavy (non-hydrogen) atoms. The molecular weight excluding hydrogens is 380 g/mol. The average Bonchev–Trinajstić information content (AvgIpc) is 2.70. The molecule has 4 amide bonds. The summed E-state index contributed by atoms with van der Waals surface area (Å²) in [5, 5.41) is 6.24. The van der Waals surface area contributed by atoms with Gasteiger partial charge in [0.2, 0.25) is 11.8 Å². The van der Waals surface area contributed by atoms with Crippen LogP contribution in [0.4, 0.5) is 4.79 Å². The van der Waals surface area contributed by atoms with Crippen molar-refractivity contribution in [2.24, 2.45) is 11.8 Å². The summed E-state index contributed by atoms with van der Waals surface area (Å²) >= 11 is 0. The molecule has 2 aliphatic carbocycles. The molecule has 170 valence electrons. The van der Waals surface area contributed by atoms with Gasteiger partial charge in [-0.05, 0) is 38.5 Å². The Balaban J connectivity index is 1.55. The van der Waals surface area contributed by atoms with Crippen molar-refractivity contribution in [2.75, 3.05) is 19.6 Å². The normalized spacial score (nSPS) is 25.2. The van der Waals surface area contributed by atoms with Crippen molar-refractivity contribution >= 4 is 17.8 Å². The summed E-state index contributed by atoms with van der Waals surface area (Å²) in [4.78, 5) is 42.3. The molecule has 7 nitrogen and oxygen atoms in total. The summed E-state index contributed by atoms with van der Waals surface area (Å²) in [6.45, 7) is 7.66. The third kappa shape index (κ3) is 5.46. The maximum atomic E-state index is 13.3. The molecule has 3 rings (SSSR count). The van der Waals surface area contributed by atoms with Gasteiger partial charge in [0.05, 0.1) is 0 Å². The molecule has 0 radical (unpaired) electrons. The van der Waals surface area contributed by atoms with Gasteiger partial charge in [-0.2, -0.15) is 0 Å². The molecule has 0 bridgehead atoms. The highest BCUT2D eigenvalue weighted by Crippen LogP contribution is 2.27. The van der Waals surface area contributed by atoms with E-state index in [0.29, 0.717) is 19.6 Å². The van der Waals surface area contributed by atoms with Gasteiger partial charge in [0, 0.05) is 37.6 Å². The quantitative estimate of drug-likeness (QED) is 0.693. The van der Waals surface area contributed by atoms with Gasteiger partial charge in [-0.25, -0.2) is 4.79 Å². The minimum atomic E-state index is -0.474. The highest BCUT2D eigenvalue weighted by molar-refractivity contribution is 5.89. The second-order valence-corrected chi connectivity index (χ2v) is 9.61. The predicted octanol–water partition coefficient (Wildman–Crippen LogP) is 2.89. The molecular formula is C23H40N4O3. The first-order valence-electron chi connectivity index (χ1n) is 12.1. The lowest BCUT2D eigenvalue weighted by Crippen LogP contribution is -2.62. The van der Waals surface area contributed by atoms with Crippen molar-refractivity contribution < 1.29 is 14.4 Å². The third-order valence-corrected chi connectivity index (χ3v) is 7.39. The zero-order valence-corrected chi connectivity index (χ0v) is 19.0. The smallest absolute Gasteiger partial charge is 0.317 e. The molecule has 0 aromatic carbocycles. The van der Waals surface area contributed by atoms with Crippen molar-refractivity contribution in [3.63, 3.8) is 0 Å². The zero-order chi connectivity index (χ0) is 21.7. The fourth-order valence-electron chi connectivity index (χ4n) is 4.79. The summed E-state index contributed by atoms with van der Waals surface area (Å²) in [6, 6.07) is -0.225. The highest BCUT2D eigenvalue weighted by Gasteiger charge is 2.37. The molecule has 7 heteroatoms. The van der Waals surface area contributed by atoms with E-state index in [2.05, 4.69) is 17.6 Å². The van der Waals surface area contributed by atoms with Crippen LogP contribution in [0.15, 0.2) is 0 Å². The predicted molar refractivity (Wildman–Crippen MR) is 117 cm³/mol. The number of rotatable bonds is 6. The molecule has 0 spiro atoms. The van der Waals surface area contributed by atoms with Crippen LogP contribution < -0.4 is 10.6 Å². The van der Waals surface area contributed by atoms with Gasteiger partial charge in [-0.3, -0.25) is 9.59 Å². The third-order valence-electron chi connectivity index (χ3n) is 7.39. The van der Waals surface area contributed by atoms with E-state index in [-0.39, 0.29) is 41.8 Å². The van der Waals surface area contributed by atoms with Gasteiger partial charge in [0.15, 0.2) is 0 Å². The number of hydrogen-bond donors (Lipinski definition) is 2. The van der Waals surface area contributed by atoms with Crippen LogP contribution in [0.1, 0.15) is 78.6 Å². The zero-order valence-electron chi connectivity index (χ0n) is 19.0. The van der Waals surface area contributed by atoms with E-state index < -0.39 is 6.04 Å². The summed E-state index contributed by atoms with van der Waals surface area (Å²) in [6.07, 6.45) is 9.56. The first-order chi connectivity index (χ1) is 14.4. The lowest BCUT2D eigenvalue weighted by Gasteiger charge is -2.42. The van der Waals surface area contributed by atoms with Gasteiger partial charge in [-0.15, -0.1) is 0 Å². The molecule has 1 heterocycles. The molecule has 3 fully saturated rings. The summed E-state index contributed by atoms with van der Waals surface area (Å²) in [7, 11) is 0. The van der Waals surface area contributed by atoms with Crippen LogP contribution in [0.2, 0.25) is 0 Å². The van der Waals surface area contributed by atoms with Crippen LogP contribution in [0, 0.1) is 11.8 Å². The second kappa shape index (κ2) is 10.5. The SMILES string of the molecule is CCC(C)C(NC(=O)C1CCC1)C(=O)N1CCN(C(=O)NC2CCCCC2)C(C)C1. The van der Waals surface area contributed by atoms with E-state index in [1.54, 1.807) is 0 Å². The Bertz CT molecular complexity index is 616. The highest BCUT2D eigenvalue weighted by atomic mass is 16.2. The fourth-order valence-corrected chi connectivity index (χ4v) is 4.79. The van der Waals surface area contributed by atoms with Crippen LogP contribution in [0.5, 0.6) is 0 Å². The van der Waals surface area contributed by atoms with Gasteiger partial charge < -0.3 is 20.4 Å². The Morgan fingerprint density at radius 3 is 2.27 bits per heavy atom. The van der Waals surface area contributed by atoms with Gasteiger partial charge in [-0.1, -0.05) is 46.0 Å². The van der Waals surface area contributed by atoms with Gasteiger partial charge in [0.25, 0.3) is 0 Å². The van der Waals surface area contributed by atoms with Crippen molar-refractivity contribution in [1.82, 2.24) is 20.4 Å². The van der Waals surface area contributed by atoms with Crippen LogP contribution in [-0.2, 0) is 9.59 Å². The summed E-state index contributed by atoms with van der Waals surface area (Å²) < 4.78 is 0. The van der Waals surface area contributed by atoms with E-state index in [0.717, 1.165) is 38.5 Å². The molecule has 1 saturated heterocycles. The number of carbonyl (C=O) groups excluding carboxylic acids is 3. The standard InChI is InChI=1S/C23H40N4O3/c1-4-16(2)20(25-21(28)18-9-8-10-18)22(29)26-13-14-27(17(3)15-26)23(30)24-19-11-6-5-7-12-19/h16-20H,4-15H2,1-3H3,(H,24,30)(H,25,28). The Morgan fingerprint density at radius 2 is 1.70 bits per heavy atom. The fraction of sp³-hybridized carbons (Fsp3) is 0.870. The number of piperazine rings is 1. The maximum Gasteiger partial charge on any atom is 0.317 e. The summed E-state index contributed by atoms with van der Waals surface area (Å²) in [5.41, 5.74) is 0. The van der Waals surface area contributed by atoms with Crippen molar-refractivity contribution in [1.29, 1.82) is 0 Å². The lowest BCUT2D eigenvalue weighted by atomic mass is 9.84. The molecule has 2 saturated carbocycles. The Labute approximate surface area is 181 Å². The number of hydrogen-bond acceptors (Lipinski definition) is 3. The van der Waals surface area contributed by atoms with E-state index in [4.69, 9.17) is 0 Å². The Morgan fingerprint density at radius 1 is 1.00 bits per heavy atom. The van der Waals surface area contributed by atoms with Gasteiger partial charge in [0.1, 0.15) is 6.04 Å². The number of nitrogens with one attached hydrogen (secondary N) is 2. The molecule has 2 N–H and O–H groups in total. The number of nitrogens with zero attached hydrogens (tertiary/aromatic N) is 2. The summed E-state index contributed by atoms with van der Waals surface area (Å²) in [5.74, 6) is 0.183. The Kier molecular flexibility index (Phi) is 8.00. The second-order valence-electron chi connectivity index (χ2n) is 9.61. The maximum absolute atomic E-state index is 13.3. The van der Waals surface area contributed by atoms with E-state index >= 15 is 0 Å². The monoisotopic (exact) mass is 420 g/mol. The van der Waals surface area contributed by atoms with E-state index in [9.17, 15) is 14.4 Å². The van der Waals surface area contributed by atoms with Crippen molar-refractivity contribution in [3.8, 4) is 0 Å². The average molecular weight is 421 g/mol. The molecule has 3 aliphatic rings. The van der Waals surface area contributed by atoms with Crippen LogP contribution in [-0.4, -0.2) is 65.4 Å². The first-order valence-corrected chi connectivity index (χ1v) is 12.1. The van der Waals surface area contributed by atoms with Crippen LogP contribution in [0.25, 0.3) is 0 Å².